The molecule has 1 heterocycles. The Hall–Kier alpha value is -1.68. The Bertz CT molecular complexity index is 488. The van der Waals surface area contributed by atoms with Crippen molar-refractivity contribution in [3.8, 4) is 11.1 Å². The van der Waals surface area contributed by atoms with E-state index in [4.69, 9.17) is 4.42 Å². The monoisotopic (exact) mass is 237 g/mol. The summed E-state index contributed by atoms with van der Waals surface area (Å²) in [6.45, 7) is 3.17. The highest BCUT2D eigenvalue weighted by atomic mass is 19.1. The van der Waals surface area contributed by atoms with Crippen molar-refractivity contribution in [1.82, 2.24) is 5.32 Å². The number of halogens is 2. The highest BCUT2D eigenvalue weighted by molar-refractivity contribution is 5.66. The van der Waals surface area contributed by atoms with E-state index in [0.29, 0.717) is 17.9 Å². The van der Waals surface area contributed by atoms with Gasteiger partial charge in [-0.2, -0.15) is 0 Å². The zero-order valence-electron chi connectivity index (χ0n) is 9.47. The van der Waals surface area contributed by atoms with Crippen molar-refractivity contribution in [3.63, 3.8) is 0 Å². The quantitative estimate of drug-likeness (QED) is 0.882. The fourth-order valence-electron chi connectivity index (χ4n) is 1.69. The van der Waals surface area contributed by atoms with Gasteiger partial charge in [0, 0.05) is 5.56 Å². The van der Waals surface area contributed by atoms with E-state index in [1.54, 1.807) is 6.07 Å². The molecule has 2 rings (SSSR count). The first kappa shape index (κ1) is 11.8. The summed E-state index contributed by atoms with van der Waals surface area (Å²) in [6, 6.07) is 5.40. The number of benzene rings is 1. The number of hydrogen-bond acceptors (Lipinski definition) is 2. The molecule has 0 aliphatic rings. The van der Waals surface area contributed by atoms with E-state index in [-0.39, 0.29) is 5.56 Å². The highest BCUT2D eigenvalue weighted by Crippen LogP contribution is 2.29. The molecule has 1 aromatic carbocycles. The van der Waals surface area contributed by atoms with Crippen LogP contribution in [0.2, 0.25) is 0 Å². The lowest BCUT2D eigenvalue weighted by atomic mass is 10.0. The van der Waals surface area contributed by atoms with Gasteiger partial charge in [0.25, 0.3) is 0 Å². The van der Waals surface area contributed by atoms with Gasteiger partial charge in [0.2, 0.25) is 0 Å². The van der Waals surface area contributed by atoms with Gasteiger partial charge in [-0.3, -0.25) is 0 Å². The summed E-state index contributed by atoms with van der Waals surface area (Å²) in [6.07, 6.45) is 1.44. The van der Waals surface area contributed by atoms with Gasteiger partial charge in [-0.15, -0.1) is 0 Å². The van der Waals surface area contributed by atoms with Crippen molar-refractivity contribution in [2.45, 2.75) is 13.5 Å². The highest BCUT2D eigenvalue weighted by Gasteiger charge is 2.16. The molecule has 0 amide bonds. The summed E-state index contributed by atoms with van der Waals surface area (Å²) in [5.41, 5.74) is 0.427. The van der Waals surface area contributed by atoms with Gasteiger partial charge < -0.3 is 9.73 Å². The summed E-state index contributed by atoms with van der Waals surface area (Å²) in [4.78, 5) is 0. The Morgan fingerprint density at radius 2 is 1.88 bits per heavy atom. The lowest BCUT2D eigenvalue weighted by molar-refractivity contribution is 0.487. The molecule has 17 heavy (non-hydrogen) atoms. The van der Waals surface area contributed by atoms with Crippen LogP contribution in [0.25, 0.3) is 11.1 Å². The number of rotatable bonds is 4. The first-order chi connectivity index (χ1) is 8.24. The summed E-state index contributed by atoms with van der Waals surface area (Å²) in [5.74, 6) is -0.621. The van der Waals surface area contributed by atoms with Crippen LogP contribution in [0.15, 0.2) is 34.9 Å². The van der Waals surface area contributed by atoms with Gasteiger partial charge >= 0.3 is 0 Å². The van der Waals surface area contributed by atoms with Crippen LogP contribution in [0, 0.1) is 11.6 Å². The Balaban J connectivity index is 2.43. The van der Waals surface area contributed by atoms with Gasteiger partial charge in [-0.1, -0.05) is 13.0 Å². The third-order valence-electron chi connectivity index (χ3n) is 2.51. The SMILES string of the molecule is CCNCc1occc1-c1c(F)cccc1F. The number of hydrogen-bond donors (Lipinski definition) is 1. The van der Waals surface area contributed by atoms with Gasteiger partial charge in [0.1, 0.15) is 17.4 Å². The Morgan fingerprint density at radius 3 is 2.53 bits per heavy atom. The minimum atomic E-state index is -0.579. The maximum Gasteiger partial charge on any atom is 0.134 e. The average molecular weight is 237 g/mol. The lowest BCUT2D eigenvalue weighted by Crippen LogP contribution is -2.11. The van der Waals surface area contributed by atoms with E-state index in [9.17, 15) is 8.78 Å². The molecule has 4 heteroatoms. The second kappa shape index (κ2) is 5.10. The molecule has 0 aliphatic heterocycles. The van der Waals surface area contributed by atoms with E-state index in [1.807, 2.05) is 6.92 Å². The van der Waals surface area contributed by atoms with Crippen LogP contribution in [0.5, 0.6) is 0 Å². The number of nitrogens with one attached hydrogen (secondary N) is 1. The maximum atomic E-state index is 13.6. The molecule has 0 radical (unpaired) electrons. The van der Waals surface area contributed by atoms with E-state index >= 15 is 0 Å². The van der Waals surface area contributed by atoms with Crippen LogP contribution in [-0.4, -0.2) is 6.54 Å². The summed E-state index contributed by atoms with van der Waals surface area (Å²) >= 11 is 0. The third kappa shape index (κ3) is 2.36. The third-order valence-corrected chi connectivity index (χ3v) is 2.51. The van der Waals surface area contributed by atoms with Crippen molar-refractivity contribution < 1.29 is 13.2 Å². The predicted molar refractivity (Wildman–Crippen MR) is 61.4 cm³/mol. The maximum absolute atomic E-state index is 13.6. The minimum absolute atomic E-state index is 0.0332. The molecule has 0 saturated heterocycles. The van der Waals surface area contributed by atoms with Crippen molar-refractivity contribution in [2.24, 2.45) is 0 Å². The lowest BCUT2D eigenvalue weighted by Gasteiger charge is -2.05. The largest absolute Gasteiger partial charge is 0.467 e. The van der Waals surface area contributed by atoms with E-state index < -0.39 is 11.6 Å². The first-order valence-electron chi connectivity index (χ1n) is 5.45. The molecule has 0 atom stereocenters. The summed E-state index contributed by atoms with van der Waals surface area (Å²) in [5, 5.41) is 3.06. The van der Waals surface area contributed by atoms with Crippen LogP contribution in [0.3, 0.4) is 0 Å². The van der Waals surface area contributed by atoms with Crippen LogP contribution in [0.1, 0.15) is 12.7 Å². The van der Waals surface area contributed by atoms with Crippen LogP contribution < -0.4 is 5.32 Å². The molecule has 0 spiro atoms. The molecule has 0 aliphatic carbocycles. The second-order valence-corrected chi connectivity index (χ2v) is 3.63. The molecule has 90 valence electrons. The van der Waals surface area contributed by atoms with Crippen molar-refractivity contribution in [3.05, 3.63) is 47.9 Å². The van der Waals surface area contributed by atoms with Gasteiger partial charge in [0.05, 0.1) is 18.4 Å². The molecule has 2 nitrogen and oxygen atoms in total. The van der Waals surface area contributed by atoms with Gasteiger partial charge in [-0.05, 0) is 24.7 Å². The molecular weight excluding hydrogens is 224 g/mol. The topological polar surface area (TPSA) is 25.2 Å². The van der Waals surface area contributed by atoms with E-state index in [0.717, 1.165) is 6.54 Å². The Morgan fingerprint density at radius 1 is 1.18 bits per heavy atom. The van der Waals surface area contributed by atoms with Gasteiger partial charge in [-0.25, -0.2) is 8.78 Å². The van der Waals surface area contributed by atoms with Crippen molar-refractivity contribution >= 4 is 0 Å². The normalized spacial score (nSPS) is 10.8. The first-order valence-corrected chi connectivity index (χ1v) is 5.45. The average Bonchev–Trinajstić information content (AvgIpc) is 2.74. The van der Waals surface area contributed by atoms with E-state index in [2.05, 4.69) is 5.32 Å². The number of furan rings is 1. The predicted octanol–water partition coefficient (Wildman–Crippen LogP) is 3.33. The van der Waals surface area contributed by atoms with Crippen LogP contribution in [-0.2, 0) is 6.54 Å². The second-order valence-electron chi connectivity index (χ2n) is 3.63. The van der Waals surface area contributed by atoms with Crippen LogP contribution >= 0.6 is 0 Å². The zero-order chi connectivity index (χ0) is 12.3. The molecule has 0 saturated carbocycles. The van der Waals surface area contributed by atoms with Crippen LogP contribution in [0.4, 0.5) is 8.78 Å². The zero-order valence-corrected chi connectivity index (χ0v) is 9.47. The van der Waals surface area contributed by atoms with Gasteiger partial charge in [0.15, 0.2) is 0 Å². The Labute approximate surface area is 98.3 Å². The molecule has 0 unspecified atom stereocenters. The summed E-state index contributed by atoms with van der Waals surface area (Å²) < 4.78 is 32.5. The molecule has 0 fully saturated rings. The fraction of sp³-hybridized carbons (Fsp3) is 0.231. The molecule has 2 aromatic rings. The molecule has 0 bridgehead atoms. The standard InChI is InChI=1S/C13H13F2NO/c1-2-16-8-12-9(6-7-17-12)13-10(14)4-3-5-11(13)15/h3-7,16H,2,8H2,1H3. The minimum Gasteiger partial charge on any atom is -0.467 e. The van der Waals surface area contributed by atoms with E-state index in [1.165, 1.54) is 24.5 Å². The smallest absolute Gasteiger partial charge is 0.134 e. The van der Waals surface area contributed by atoms with Crippen molar-refractivity contribution in [1.29, 1.82) is 0 Å². The van der Waals surface area contributed by atoms with Crippen molar-refractivity contribution in [2.75, 3.05) is 6.54 Å². The summed E-state index contributed by atoms with van der Waals surface area (Å²) in [7, 11) is 0. The molecular formula is C13H13F2NO. The molecule has 1 N–H and O–H groups in total. The molecule has 1 aromatic heterocycles. The Kier molecular flexibility index (Phi) is 3.54. The fourth-order valence-corrected chi connectivity index (χ4v) is 1.69.